The van der Waals surface area contributed by atoms with Crippen LogP contribution in [0.3, 0.4) is 0 Å². The average molecular weight is 547 g/mol. The van der Waals surface area contributed by atoms with Crippen molar-refractivity contribution in [1.29, 1.82) is 0 Å². The second kappa shape index (κ2) is 11.6. The quantitative estimate of drug-likeness (QED) is 0.299. The zero-order valence-corrected chi connectivity index (χ0v) is 23.2. The summed E-state index contributed by atoms with van der Waals surface area (Å²) in [6, 6.07) is 10.7. The van der Waals surface area contributed by atoms with Gasteiger partial charge in [-0.2, -0.15) is 5.10 Å². The molecule has 0 bridgehead atoms. The summed E-state index contributed by atoms with van der Waals surface area (Å²) in [6.07, 6.45) is 5.51. The van der Waals surface area contributed by atoms with E-state index in [1.807, 2.05) is 49.1 Å². The lowest BCUT2D eigenvalue weighted by atomic mass is 9.82. The summed E-state index contributed by atoms with van der Waals surface area (Å²) in [6.45, 7) is 6.23. The number of para-hydroxylation sites is 1. The number of hydrogen-bond acceptors (Lipinski definition) is 6. The third kappa shape index (κ3) is 5.61. The third-order valence-corrected chi connectivity index (χ3v) is 8.49. The Bertz CT molecular complexity index is 1310. The van der Waals surface area contributed by atoms with Gasteiger partial charge < -0.3 is 25.7 Å². The van der Waals surface area contributed by atoms with Gasteiger partial charge in [-0.1, -0.05) is 24.3 Å². The van der Waals surface area contributed by atoms with Gasteiger partial charge in [-0.15, -0.1) is 0 Å². The molecule has 3 heterocycles. The Hall–Kier alpha value is -4.08. The van der Waals surface area contributed by atoms with Crippen LogP contribution in [-0.4, -0.2) is 66.3 Å². The monoisotopic (exact) mass is 546 g/mol. The summed E-state index contributed by atoms with van der Waals surface area (Å²) >= 11 is 0. The molecule has 3 aliphatic rings. The first kappa shape index (κ1) is 27.5. The number of hydrogen-bond donors (Lipinski definition) is 3. The van der Waals surface area contributed by atoms with Crippen molar-refractivity contribution in [2.45, 2.75) is 64.0 Å². The van der Waals surface area contributed by atoms with Crippen LogP contribution in [0, 0.1) is 13.8 Å². The predicted octanol–water partition coefficient (Wildman–Crippen LogP) is 3.78. The van der Waals surface area contributed by atoms with Crippen molar-refractivity contribution in [1.82, 2.24) is 15.1 Å². The number of piperidine rings is 2. The largest absolute Gasteiger partial charge is 0.438 e. The van der Waals surface area contributed by atoms with E-state index in [0.29, 0.717) is 45.4 Å². The molecule has 4 amide bonds. The van der Waals surface area contributed by atoms with Crippen LogP contribution in [0.15, 0.2) is 41.5 Å². The van der Waals surface area contributed by atoms with E-state index < -0.39 is 17.7 Å². The van der Waals surface area contributed by atoms with Crippen molar-refractivity contribution < 1.29 is 19.1 Å². The highest BCUT2D eigenvalue weighted by Crippen LogP contribution is 2.43. The van der Waals surface area contributed by atoms with Gasteiger partial charge in [0.15, 0.2) is 0 Å². The molecule has 10 heteroatoms. The minimum absolute atomic E-state index is 0.0602. The summed E-state index contributed by atoms with van der Waals surface area (Å²) < 4.78 is 5.81. The number of benzene rings is 2. The molecule has 3 aliphatic heterocycles. The highest BCUT2D eigenvalue weighted by molar-refractivity contribution is 5.89. The van der Waals surface area contributed by atoms with Gasteiger partial charge in [0.2, 0.25) is 5.91 Å². The smallest absolute Gasteiger partial charge is 0.412 e. The average Bonchev–Trinajstić information content (AvgIpc) is 2.96. The summed E-state index contributed by atoms with van der Waals surface area (Å²) in [7, 11) is 0. The third-order valence-electron chi connectivity index (χ3n) is 8.49. The van der Waals surface area contributed by atoms with Crippen LogP contribution in [0.2, 0.25) is 0 Å². The number of fused-ring (bicyclic) bond motifs is 2. The van der Waals surface area contributed by atoms with Crippen LogP contribution >= 0.6 is 0 Å². The van der Waals surface area contributed by atoms with Crippen molar-refractivity contribution in [2.75, 3.05) is 31.5 Å². The predicted molar refractivity (Wildman–Crippen MR) is 153 cm³/mol. The molecule has 1 unspecified atom stereocenters. The lowest BCUT2D eigenvalue weighted by molar-refractivity contribution is -0.134. The summed E-state index contributed by atoms with van der Waals surface area (Å²) in [5.74, 6) is 5.37. The van der Waals surface area contributed by atoms with Crippen LogP contribution in [0.5, 0.6) is 0 Å². The zero-order valence-electron chi connectivity index (χ0n) is 23.2. The first-order valence-electron chi connectivity index (χ1n) is 14.1. The maximum absolute atomic E-state index is 13.7. The van der Waals surface area contributed by atoms with Gasteiger partial charge in [0.05, 0.1) is 11.9 Å². The number of nitrogens with one attached hydrogen (secondary N) is 2. The maximum Gasteiger partial charge on any atom is 0.412 e. The van der Waals surface area contributed by atoms with E-state index in [0.717, 1.165) is 52.8 Å². The Morgan fingerprint density at radius 1 is 1.10 bits per heavy atom. The summed E-state index contributed by atoms with van der Waals surface area (Å²) in [4.78, 5) is 43.1. The standard InChI is InChI=1S/C30H38N6O4/c1-20-16-22(17-23(19-32-31)21(20)2)18-26(27(37)35-12-6-3-7-13-35)33-28(38)36-14-10-30(11-15-36)24-8-4-5-9-25(24)34-29(39)40-30/h4-5,8-9,16-17,19,26H,3,6-7,10-15,18,31H2,1-2H3,(H,33,38)(H,34,39)/b32-19-. The van der Waals surface area contributed by atoms with Gasteiger partial charge >= 0.3 is 12.1 Å². The van der Waals surface area contributed by atoms with Crippen LogP contribution in [0.1, 0.15) is 59.9 Å². The summed E-state index contributed by atoms with van der Waals surface area (Å²) in [5, 5.41) is 9.51. The highest BCUT2D eigenvalue weighted by Gasteiger charge is 2.45. The molecule has 0 aliphatic carbocycles. The molecule has 40 heavy (non-hydrogen) atoms. The number of nitrogens with two attached hydrogens (primary N) is 1. The summed E-state index contributed by atoms with van der Waals surface area (Å²) in [5.41, 5.74) is 4.88. The molecule has 2 fully saturated rings. The Morgan fingerprint density at radius 2 is 1.82 bits per heavy atom. The molecule has 2 aromatic rings. The topological polar surface area (TPSA) is 129 Å². The van der Waals surface area contributed by atoms with E-state index in [1.165, 1.54) is 0 Å². The van der Waals surface area contributed by atoms with Crippen LogP contribution in [0.25, 0.3) is 0 Å². The molecule has 4 N–H and O–H groups in total. The molecule has 10 nitrogen and oxygen atoms in total. The molecular formula is C30H38N6O4. The molecule has 0 aromatic heterocycles. The molecule has 1 spiro atoms. The van der Waals surface area contributed by atoms with Crippen molar-refractivity contribution in [3.8, 4) is 0 Å². The number of nitrogens with zero attached hydrogens (tertiary/aromatic N) is 3. The normalized spacial score (nSPS) is 19.1. The second-order valence-electron chi connectivity index (χ2n) is 11.0. The fourth-order valence-electron chi connectivity index (χ4n) is 6.11. The van der Waals surface area contributed by atoms with E-state index in [-0.39, 0.29) is 11.9 Å². The number of likely N-dealkylation sites (tertiary alicyclic amines) is 2. The van der Waals surface area contributed by atoms with Crippen LogP contribution in [-0.2, 0) is 21.6 Å². The molecule has 1 atom stereocenters. The number of amides is 4. The fourth-order valence-corrected chi connectivity index (χ4v) is 6.11. The zero-order chi connectivity index (χ0) is 28.3. The van der Waals surface area contributed by atoms with Crippen molar-refractivity contribution in [2.24, 2.45) is 10.9 Å². The van der Waals surface area contributed by atoms with E-state index in [4.69, 9.17) is 10.6 Å². The van der Waals surface area contributed by atoms with Gasteiger partial charge in [-0.05, 0) is 67.5 Å². The van der Waals surface area contributed by atoms with Gasteiger partial charge in [-0.3, -0.25) is 10.1 Å². The molecule has 2 saturated heterocycles. The van der Waals surface area contributed by atoms with E-state index in [1.54, 1.807) is 11.1 Å². The number of carbonyl (C=O) groups is 3. The molecular weight excluding hydrogens is 508 g/mol. The Morgan fingerprint density at radius 3 is 2.55 bits per heavy atom. The fraction of sp³-hybridized carbons (Fsp3) is 0.467. The molecule has 0 radical (unpaired) electrons. The van der Waals surface area contributed by atoms with E-state index in [2.05, 4.69) is 21.8 Å². The number of urea groups is 1. The second-order valence-corrected chi connectivity index (χ2v) is 11.0. The Kier molecular flexibility index (Phi) is 7.95. The number of carbonyl (C=O) groups excluding carboxylic acids is 3. The number of hydrazone groups is 1. The number of rotatable bonds is 5. The van der Waals surface area contributed by atoms with Gasteiger partial charge in [0.1, 0.15) is 11.6 Å². The van der Waals surface area contributed by atoms with Gasteiger partial charge in [0, 0.05) is 51.0 Å². The van der Waals surface area contributed by atoms with E-state index >= 15 is 0 Å². The molecule has 0 saturated carbocycles. The van der Waals surface area contributed by atoms with Crippen molar-refractivity contribution in [3.63, 3.8) is 0 Å². The Balaban J connectivity index is 1.32. The number of anilines is 1. The minimum atomic E-state index is -0.765. The molecule has 212 valence electrons. The maximum atomic E-state index is 13.7. The van der Waals surface area contributed by atoms with Gasteiger partial charge in [0.25, 0.3) is 0 Å². The Labute approximate surface area is 234 Å². The van der Waals surface area contributed by atoms with E-state index in [9.17, 15) is 14.4 Å². The van der Waals surface area contributed by atoms with Crippen LogP contribution < -0.4 is 16.5 Å². The van der Waals surface area contributed by atoms with Gasteiger partial charge in [-0.25, -0.2) is 9.59 Å². The lowest BCUT2D eigenvalue weighted by Crippen LogP contribution is -2.56. The van der Waals surface area contributed by atoms with Crippen molar-refractivity contribution >= 4 is 29.9 Å². The highest BCUT2D eigenvalue weighted by atomic mass is 16.6. The van der Waals surface area contributed by atoms with Crippen LogP contribution in [0.4, 0.5) is 15.3 Å². The number of aryl methyl sites for hydroxylation is 1. The first-order valence-corrected chi connectivity index (χ1v) is 14.1. The lowest BCUT2D eigenvalue weighted by Gasteiger charge is -2.44. The molecule has 5 rings (SSSR count). The first-order chi connectivity index (χ1) is 19.3. The number of ether oxygens (including phenoxy) is 1. The SMILES string of the molecule is Cc1cc(CC(NC(=O)N2CCC3(CC2)OC(=O)Nc2ccccc23)C(=O)N2CCCCC2)cc(/C=N\N)c1C. The molecule has 2 aromatic carbocycles. The van der Waals surface area contributed by atoms with Crippen molar-refractivity contribution in [3.05, 3.63) is 64.2 Å². The minimum Gasteiger partial charge on any atom is -0.438 e.